The number of nitrogens with one attached hydrogen (secondary N) is 2. The second kappa shape index (κ2) is 9.14. The van der Waals surface area contributed by atoms with Gasteiger partial charge in [-0.3, -0.25) is 9.88 Å². The van der Waals surface area contributed by atoms with Crippen LogP contribution in [0.2, 0.25) is 0 Å². The van der Waals surface area contributed by atoms with Crippen LogP contribution in [0.25, 0.3) is 0 Å². The molecule has 9 heteroatoms. The van der Waals surface area contributed by atoms with Crippen LogP contribution in [0.3, 0.4) is 0 Å². The lowest BCUT2D eigenvalue weighted by Crippen LogP contribution is -2.48. The molecule has 0 spiro atoms. The van der Waals surface area contributed by atoms with Crippen molar-refractivity contribution in [3.05, 3.63) is 54.1 Å². The van der Waals surface area contributed by atoms with Gasteiger partial charge in [0.25, 0.3) is 0 Å². The molecular weight excluding hydrogens is 365 g/mol. The number of carbonyl (C=O) groups excluding carboxylic acids is 2. The summed E-state index contributed by atoms with van der Waals surface area (Å²) in [5.41, 5.74) is 1.48. The van der Waals surface area contributed by atoms with Crippen LogP contribution in [-0.4, -0.2) is 60.2 Å². The number of anilines is 2. The smallest absolute Gasteiger partial charge is 0.409 e. The van der Waals surface area contributed by atoms with Crippen LogP contribution in [0.5, 0.6) is 0 Å². The van der Waals surface area contributed by atoms with Crippen LogP contribution in [0.1, 0.15) is 5.56 Å². The van der Waals surface area contributed by atoms with Gasteiger partial charge in [0, 0.05) is 38.9 Å². The summed E-state index contributed by atoms with van der Waals surface area (Å²) in [5.74, 6) is -0.513. The zero-order valence-electron chi connectivity index (χ0n) is 15.5. The van der Waals surface area contributed by atoms with Gasteiger partial charge in [-0.2, -0.15) is 0 Å². The van der Waals surface area contributed by atoms with E-state index in [0.29, 0.717) is 38.4 Å². The number of halogens is 1. The summed E-state index contributed by atoms with van der Waals surface area (Å²) in [5, 5.41) is 5.13. The second-order valence-corrected chi connectivity index (χ2v) is 6.37. The number of pyridine rings is 1. The van der Waals surface area contributed by atoms with Gasteiger partial charge in [-0.05, 0) is 29.8 Å². The Bertz CT molecular complexity index is 826. The van der Waals surface area contributed by atoms with Gasteiger partial charge in [-0.1, -0.05) is 6.07 Å². The van der Waals surface area contributed by atoms with Crippen LogP contribution in [-0.2, 0) is 11.3 Å². The molecule has 28 heavy (non-hydrogen) atoms. The third kappa shape index (κ3) is 5.17. The van der Waals surface area contributed by atoms with E-state index in [0.717, 1.165) is 5.56 Å². The summed E-state index contributed by atoms with van der Waals surface area (Å²) in [6.45, 7) is 3.13. The number of urea groups is 1. The molecule has 0 saturated carbocycles. The first-order chi connectivity index (χ1) is 13.5. The Balaban J connectivity index is 1.57. The van der Waals surface area contributed by atoms with E-state index in [2.05, 4.69) is 20.5 Å². The molecule has 148 valence electrons. The molecule has 3 amide bonds. The number of rotatable bonds is 4. The molecule has 1 aromatic heterocycles. The van der Waals surface area contributed by atoms with Crippen molar-refractivity contribution in [1.29, 1.82) is 0 Å². The number of piperazine rings is 1. The van der Waals surface area contributed by atoms with E-state index >= 15 is 0 Å². The van der Waals surface area contributed by atoms with E-state index in [-0.39, 0.29) is 11.8 Å². The first kappa shape index (κ1) is 19.6. The quantitative estimate of drug-likeness (QED) is 0.842. The average molecular weight is 387 g/mol. The summed E-state index contributed by atoms with van der Waals surface area (Å²) in [6.07, 6.45) is 2.77. The molecule has 1 fully saturated rings. The Labute approximate surface area is 162 Å². The normalized spacial score (nSPS) is 14.4. The van der Waals surface area contributed by atoms with Gasteiger partial charge in [-0.15, -0.1) is 0 Å². The van der Waals surface area contributed by atoms with E-state index < -0.39 is 11.8 Å². The van der Waals surface area contributed by atoms with Crippen molar-refractivity contribution in [3.8, 4) is 0 Å². The lowest BCUT2D eigenvalue weighted by atomic mass is 10.1. The van der Waals surface area contributed by atoms with Gasteiger partial charge < -0.3 is 20.3 Å². The largest absolute Gasteiger partial charge is 0.453 e. The molecule has 2 aromatic rings. The maximum absolute atomic E-state index is 14.1. The number of nitrogens with zero attached hydrogens (tertiary/aromatic N) is 3. The standard InChI is InChI=1S/C19H22FN5O3/c1-28-19(27)25-9-7-24(8-10-25)13-14-4-5-16(20)17(11-14)23-18(26)22-15-3-2-6-21-12-15/h2-6,11-12H,7-10,13H2,1H3,(H2,22,23,26). The van der Waals surface area contributed by atoms with Crippen molar-refractivity contribution in [2.75, 3.05) is 43.9 Å². The molecular formula is C19H22FN5O3. The van der Waals surface area contributed by atoms with Crippen molar-refractivity contribution in [2.45, 2.75) is 6.54 Å². The van der Waals surface area contributed by atoms with E-state index in [1.165, 1.54) is 19.4 Å². The zero-order chi connectivity index (χ0) is 19.9. The van der Waals surface area contributed by atoms with Crippen molar-refractivity contribution in [3.63, 3.8) is 0 Å². The molecule has 0 unspecified atom stereocenters. The van der Waals surface area contributed by atoms with Gasteiger partial charge in [0.2, 0.25) is 0 Å². The molecule has 1 saturated heterocycles. The number of hydrogen-bond donors (Lipinski definition) is 2. The summed E-state index contributed by atoms with van der Waals surface area (Å²) in [4.78, 5) is 31.3. The highest BCUT2D eigenvalue weighted by atomic mass is 19.1. The van der Waals surface area contributed by atoms with Gasteiger partial charge in [0.1, 0.15) is 5.82 Å². The number of benzene rings is 1. The van der Waals surface area contributed by atoms with Crippen LogP contribution in [0.15, 0.2) is 42.7 Å². The molecule has 8 nitrogen and oxygen atoms in total. The topological polar surface area (TPSA) is 86.8 Å². The van der Waals surface area contributed by atoms with Crippen molar-refractivity contribution < 1.29 is 18.7 Å². The van der Waals surface area contributed by atoms with Gasteiger partial charge >= 0.3 is 12.1 Å². The number of carbonyl (C=O) groups is 2. The highest BCUT2D eigenvalue weighted by Crippen LogP contribution is 2.19. The second-order valence-electron chi connectivity index (χ2n) is 6.37. The summed E-state index contributed by atoms with van der Waals surface area (Å²) < 4.78 is 18.8. The molecule has 3 rings (SSSR count). The molecule has 2 N–H and O–H groups in total. The number of hydrogen-bond acceptors (Lipinski definition) is 5. The summed E-state index contributed by atoms with van der Waals surface area (Å²) >= 11 is 0. The van der Waals surface area contributed by atoms with Crippen LogP contribution in [0.4, 0.5) is 25.4 Å². The van der Waals surface area contributed by atoms with Gasteiger partial charge in [-0.25, -0.2) is 14.0 Å². The Morgan fingerprint density at radius 1 is 1.18 bits per heavy atom. The van der Waals surface area contributed by atoms with Crippen LogP contribution in [0, 0.1) is 5.82 Å². The lowest BCUT2D eigenvalue weighted by molar-refractivity contribution is 0.0889. The maximum atomic E-state index is 14.1. The van der Waals surface area contributed by atoms with Crippen LogP contribution < -0.4 is 10.6 Å². The van der Waals surface area contributed by atoms with Crippen molar-refractivity contribution in [1.82, 2.24) is 14.8 Å². The highest BCUT2D eigenvalue weighted by molar-refractivity contribution is 5.99. The molecule has 1 aliphatic rings. The van der Waals surface area contributed by atoms with Gasteiger partial charge in [0.05, 0.1) is 24.7 Å². The molecule has 0 atom stereocenters. The van der Waals surface area contributed by atoms with Crippen molar-refractivity contribution in [2.24, 2.45) is 0 Å². The first-order valence-electron chi connectivity index (χ1n) is 8.87. The molecule has 0 radical (unpaired) electrons. The third-order valence-electron chi connectivity index (χ3n) is 4.41. The number of ether oxygens (including phenoxy) is 1. The highest BCUT2D eigenvalue weighted by Gasteiger charge is 2.21. The minimum atomic E-state index is -0.546. The first-order valence-corrected chi connectivity index (χ1v) is 8.87. The predicted octanol–water partition coefficient (Wildman–Crippen LogP) is 2.75. The summed E-state index contributed by atoms with van der Waals surface area (Å²) in [6, 6.07) is 7.47. The minimum Gasteiger partial charge on any atom is -0.453 e. The molecule has 0 aliphatic carbocycles. The fourth-order valence-electron chi connectivity index (χ4n) is 2.96. The van der Waals surface area contributed by atoms with E-state index in [9.17, 15) is 14.0 Å². The Morgan fingerprint density at radius 2 is 1.96 bits per heavy atom. The van der Waals surface area contributed by atoms with Crippen LogP contribution >= 0.6 is 0 Å². The van der Waals surface area contributed by atoms with E-state index in [4.69, 9.17) is 4.74 Å². The molecule has 1 aliphatic heterocycles. The fraction of sp³-hybridized carbons (Fsp3) is 0.316. The summed E-state index contributed by atoms with van der Waals surface area (Å²) in [7, 11) is 1.37. The van der Waals surface area contributed by atoms with E-state index in [1.54, 1.807) is 35.4 Å². The SMILES string of the molecule is COC(=O)N1CCN(Cc2ccc(F)c(NC(=O)Nc3cccnc3)c2)CC1. The molecule has 0 bridgehead atoms. The number of aromatic nitrogens is 1. The minimum absolute atomic E-state index is 0.104. The van der Waals surface area contributed by atoms with E-state index in [1.807, 2.05) is 0 Å². The Morgan fingerprint density at radius 3 is 2.64 bits per heavy atom. The molecule has 2 heterocycles. The third-order valence-corrected chi connectivity index (χ3v) is 4.41. The number of methoxy groups -OCH3 is 1. The predicted molar refractivity (Wildman–Crippen MR) is 103 cm³/mol. The lowest BCUT2D eigenvalue weighted by Gasteiger charge is -2.33. The Kier molecular flexibility index (Phi) is 6.38. The van der Waals surface area contributed by atoms with Crippen molar-refractivity contribution >= 4 is 23.5 Å². The molecule has 1 aromatic carbocycles. The van der Waals surface area contributed by atoms with Gasteiger partial charge in [0.15, 0.2) is 0 Å². The fourth-order valence-corrected chi connectivity index (χ4v) is 2.96. The zero-order valence-corrected chi connectivity index (χ0v) is 15.5. The average Bonchev–Trinajstić information content (AvgIpc) is 2.71. The Hall–Kier alpha value is -3.20. The maximum Gasteiger partial charge on any atom is 0.409 e. The monoisotopic (exact) mass is 387 g/mol. The number of amides is 3.